The fraction of sp³-hybridized carbons (Fsp3) is 0.781. The molecule has 11 heteroatoms. The molecule has 0 aliphatic heterocycles. The third-order valence-corrected chi connectivity index (χ3v) is 40.2. The molecule has 16 saturated carbocycles. The largest absolute Gasteiger partial charge is 0.390 e. The van der Waals surface area contributed by atoms with E-state index in [-0.39, 0.29) is 45.3 Å². The van der Waals surface area contributed by atoms with Crippen LogP contribution in [0.15, 0.2) is 84.4 Å². The van der Waals surface area contributed by atoms with Crippen LogP contribution in [0.25, 0.3) is 0 Å². The van der Waals surface area contributed by atoms with E-state index in [2.05, 4.69) is 73.0 Å². The molecule has 32 atom stereocenters. The van der Waals surface area contributed by atoms with E-state index in [0.29, 0.717) is 48.8 Å². The zero-order valence-electron chi connectivity index (χ0n) is 73.4. The number of hydrogen-bond donors (Lipinski definition) is 4. The van der Waals surface area contributed by atoms with Gasteiger partial charge in [-0.2, -0.15) is 0 Å². The maximum Gasteiger partial charge on any atom is 0.142 e. The predicted octanol–water partition coefficient (Wildman–Crippen LogP) is 22.4. The van der Waals surface area contributed by atoms with Crippen molar-refractivity contribution in [2.75, 3.05) is 0 Å². The van der Waals surface area contributed by atoms with Crippen molar-refractivity contribution >= 4 is 34.5 Å². The summed E-state index contributed by atoms with van der Waals surface area (Å²) in [6.07, 6.45) is 47.5. The number of pyridine rings is 1. The zero-order valence-corrected chi connectivity index (χ0v) is 74.3. The topological polar surface area (TPSA) is 167 Å². The van der Waals surface area contributed by atoms with Gasteiger partial charge in [-0.25, -0.2) is 0 Å². The van der Waals surface area contributed by atoms with Crippen LogP contribution >= 0.6 is 11.3 Å². The SMILES string of the molecule is C[C@@]1(O)CC[C@H]2C(CC[C@@H]3[C@@H]2CC[C@]2(C)[C@@H](C(=O)Cc4ccccc4)CC[C@@H]32)C1.C[C@@]1(O)CC[C@H]2[C@H](CC[C@@H]3[C@@H]2CC[C@]2(C)[C@@H](C(=O)Cc4cccs4)CC[C@@H]32)C1.Cc1cccc(CC(=O)[C@H]2CC[C@H]3[C@@H]4CC[C@@H]5C[C@](C)(O)CC[C@@H]5[C@H]4CC[C@]23C)n1.Cn1cccc1CC(=O)[C@H]1CC[C@H]2[C@@H]3CC[C@@H]4C[C@](C)(O)CC[C@@H]4[C@H]3CC[C@]12C. The van der Waals surface area contributed by atoms with E-state index >= 15 is 0 Å². The molecule has 1 unspecified atom stereocenters. The summed E-state index contributed by atoms with van der Waals surface area (Å²) in [7, 11) is 2.05. The van der Waals surface area contributed by atoms with E-state index in [4.69, 9.17) is 0 Å². The van der Waals surface area contributed by atoms with Crippen LogP contribution in [0, 0.1) is 171 Å². The highest BCUT2D eigenvalue weighted by atomic mass is 32.1. The Morgan fingerprint density at radius 3 is 1.05 bits per heavy atom. The molecule has 3 aromatic heterocycles. The molecule has 1 aromatic carbocycles. The Morgan fingerprint density at radius 2 is 0.707 bits per heavy atom. The van der Waals surface area contributed by atoms with Crippen LogP contribution in [0.2, 0.25) is 0 Å². The summed E-state index contributed by atoms with van der Waals surface area (Å²) >= 11 is 1.73. The van der Waals surface area contributed by atoms with Gasteiger partial charge in [-0.1, -0.05) is 70.2 Å². The lowest BCUT2D eigenvalue weighted by molar-refractivity contribution is -0.132. The van der Waals surface area contributed by atoms with Gasteiger partial charge in [0.2, 0.25) is 0 Å². The number of aliphatic hydroxyl groups is 4. The van der Waals surface area contributed by atoms with E-state index in [9.17, 15) is 39.6 Å². The molecule has 4 N–H and O–H groups in total. The van der Waals surface area contributed by atoms with Gasteiger partial charge in [0, 0.05) is 84.6 Å². The number of rotatable bonds is 12. The first-order valence-electron chi connectivity index (χ1n) is 48.4. The molecule has 16 aliphatic carbocycles. The first kappa shape index (κ1) is 84.1. The molecular weight excluding hydrogens is 1450 g/mol. The zero-order chi connectivity index (χ0) is 81.2. The minimum Gasteiger partial charge on any atom is -0.390 e. The van der Waals surface area contributed by atoms with Crippen LogP contribution in [0.1, 0.15) is 314 Å². The van der Waals surface area contributed by atoms with Gasteiger partial charge in [0.1, 0.15) is 23.1 Å². The van der Waals surface area contributed by atoms with Crippen LogP contribution in [0.5, 0.6) is 0 Å². The van der Waals surface area contributed by atoms with Gasteiger partial charge in [0.15, 0.2) is 0 Å². The second kappa shape index (κ2) is 32.8. The summed E-state index contributed by atoms with van der Waals surface area (Å²) in [5, 5.41) is 44.4. The second-order valence-corrected chi connectivity index (χ2v) is 46.9. The minimum atomic E-state index is -0.439. The summed E-state index contributed by atoms with van der Waals surface area (Å²) < 4.78 is 2.10. The molecule has 116 heavy (non-hydrogen) atoms. The number of hydrogen-bond acceptors (Lipinski definition) is 10. The van der Waals surface area contributed by atoms with Crippen LogP contribution in [-0.2, 0) is 51.9 Å². The third kappa shape index (κ3) is 16.3. The number of aromatic nitrogens is 2. The first-order chi connectivity index (χ1) is 55.3. The lowest BCUT2D eigenvalue weighted by Gasteiger charge is -2.56. The van der Waals surface area contributed by atoms with E-state index < -0.39 is 22.4 Å². The Labute approximate surface area is 703 Å². The highest BCUT2D eigenvalue weighted by molar-refractivity contribution is 7.10. The van der Waals surface area contributed by atoms with E-state index in [1.54, 1.807) is 11.3 Å². The van der Waals surface area contributed by atoms with E-state index in [0.717, 1.165) is 212 Å². The van der Waals surface area contributed by atoms with Crippen molar-refractivity contribution in [3.05, 3.63) is 112 Å². The summed E-state index contributed by atoms with van der Waals surface area (Å²) in [6, 6.07) is 24.7. The normalized spacial score (nSPS) is 46.5. The fourth-order valence-corrected chi connectivity index (χ4v) is 34.8. The average molecular weight is 1600 g/mol. The third-order valence-electron chi connectivity index (χ3n) is 39.4. The number of thiophene rings is 1. The van der Waals surface area contributed by atoms with Gasteiger partial charge < -0.3 is 25.0 Å². The van der Waals surface area contributed by atoms with Gasteiger partial charge in [-0.15, -0.1) is 11.3 Å². The van der Waals surface area contributed by atoms with Gasteiger partial charge >= 0.3 is 0 Å². The number of ketones is 4. The number of benzene rings is 1. The van der Waals surface area contributed by atoms with Crippen molar-refractivity contribution in [2.24, 2.45) is 171 Å². The number of Topliss-reactive ketones (excluding diaryl/α,β-unsaturated/α-hetero) is 4. The molecule has 16 fully saturated rings. The smallest absolute Gasteiger partial charge is 0.142 e. The Balaban J connectivity index is 0.000000111. The molecule has 20 rings (SSSR count). The average Bonchev–Trinajstić information content (AvgIpc) is 1.51. The Morgan fingerprint density at radius 1 is 0.353 bits per heavy atom. The number of aryl methyl sites for hydroxylation is 2. The summed E-state index contributed by atoms with van der Waals surface area (Å²) in [6.45, 7) is 20.0. The molecular formula is C105H152N2O8S. The molecule has 0 saturated heterocycles. The molecule has 0 spiro atoms. The number of fused-ring (bicyclic) bond motifs is 20. The lowest BCUT2D eigenvalue weighted by atomic mass is 9.49. The van der Waals surface area contributed by atoms with Crippen LogP contribution in [-0.4, -0.2) is 75.5 Å². The Hall–Kier alpha value is -4.13. The first-order valence-corrected chi connectivity index (χ1v) is 49.3. The second-order valence-electron chi connectivity index (χ2n) is 45.9. The molecule has 0 bridgehead atoms. The monoisotopic (exact) mass is 1600 g/mol. The van der Waals surface area contributed by atoms with Crippen LogP contribution < -0.4 is 0 Å². The Kier molecular flexibility index (Phi) is 23.8. The Bertz CT molecular complexity index is 4110. The summed E-state index contributed by atoms with van der Waals surface area (Å²) in [5.74, 6) is 18.9. The van der Waals surface area contributed by atoms with Gasteiger partial charge in [0.05, 0.1) is 22.4 Å². The lowest BCUT2D eigenvalue weighted by Crippen LogP contribution is -2.51. The van der Waals surface area contributed by atoms with Crippen molar-refractivity contribution in [1.82, 2.24) is 9.55 Å². The standard InChI is InChI=1S/C27H39NO2.C27H38O2.C26H39NO2.C25H36O2S/c1-17-5-4-6-19(28-17)15-25(29)24-10-9-23-22-8-7-18-16-26(2,30)13-11-20(18)21(22)12-14-27(23,24)3;1-26(29)14-12-20-19(17-26)8-9-22-21(20)13-15-27(2)23(22)10-11-24(27)25(28)16-18-6-4-3-5-7-18;1-25(29)12-10-19-17(16-25)6-7-21-20(19)11-13-26(2)22(21)8-9-23(26)24(28)15-18-5-4-14-27(18)3;1-24(27)11-9-18-16(15-24)5-6-20-19(18)10-12-25(2)21(20)7-8-22(25)23(26)14-17-4-3-13-28-17/h4-6,18,20-24,30H,7-16H2,1-3H3;3-7,19-24,29H,8-17H2,1-2H3;4-5,14,17,19-23,29H,6-13,15-16H2,1-3H3;3-4,13,16,18-22,27H,5-12,14-15H2,1-2H3/t18-,20+,21-,22-,23+,24-,26-,27+;19?,20-,21+,22+,23-,24+,26+,27-;17-,19+,20-,21-,22+,23-,25-,26+;16-,18+,19-,20-,21+,22-,24-,25+/m1011/s1. The van der Waals surface area contributed by atoms with Gasteiger partial charge in [0.25, 0.3) is 0 Å². The van der Waals surface area contributed by atoms with E-state index in [1.165, 1.54) is 165 Å². The van der Waals surface area contributed by atoms with Crippen molar-refractivity contribution in [3.63, 3.8) is 0 Å². The highest BCUT2D eigenvalue weighted by Gasteiger charge is 2.64. The molecule has 636 valence electrons. The molecule has 10 nitrogen and oxygen atoms in total. The molecule has 3 heterocycles. The van der Waals surface area contributed by atoms with E-state index in [1.807, 2.05) is 90.3 Å². The summed E-state index contributed by atoms with van der Waals surface area (Å²) in [5.41, 5.74) is 3.41. The van der Waals surface area contributed by atoms with Crippen molar-refractivity contribution in [3.8, 4) is 0 Å². The predicted molar refractivity (Wildman–Crippen MR) is 465 cm³/mol. The molecule has 0 amide bonds. The number of carbonyl (C=O) groups is 4. The van der Waals surface area contributed by atoms with Crippen LogP contribution in [0.4, 0.5) is 0 Å². The minimum absolute atomic E-state index is 0.190. The number of nitrogens with zero attached hydrogens (tertiary/aromatic N) is 2. The highest BCUT2D eigenvalue weighted by Crippen LogP contribution is 2.70. The van der Waals surface area contributed by atoms with Gasteiger partial charge in [-0.05, 0) is 447 Å². The molecule has 16 aliphatic rings. The maximum absolute atomic E-state index is 13.4. The molecule has 0 radical (unpaired) electrons. The van der Waals surface area contributed by atoms with Crippen molar-refractivity contribution < 1.29 is 39.6 Å². The van der Waals surface area contributed by atoms with Crippen molar-refractivity contribution in [1.29, 1.82) is 0 Å². The van der Waals surface area contributed by atoms with Crippen LogP contribution in [0.3, 0.4) is 0 Å². The van der Waals surface area contributed by atoms with Crippen molar-refractivity contribution in [2.45, 2.75) is 342 Å². The quantitative estimate of drug-likeness (QED) is 0.108. The fourth-order valence-electron chi connectivity index (χ4n) is 34.1. The maximum atomic E-state index is 13.4. The van der Waals surface area contributed by atoms with Gasteiger partial charge in [-0.3, -0.25) is 24.2 Å². The molecule has 4 aromatic rings. The number of carbonyl (C=O) groups excluding carboxylic acids is 4. The summed E-state index contributed by atoms with van der Waals surface area (Å²) in [4.78, 5) is 59.1.